The Bertz CT molecular complexity index is 25.2. The molecule has 4 N–H and O–H groups in total. The molecule has 0 aliphatic rings. The average Bonchev–Trinajstić information content (AvgIpc) is 0.722. The summed E-state index contributed by atoms with van der Waals surface area (Å²) < 4.78 is 29.5. The molecule has 0 unspecified atom stereocenters. The molecular formula is H5LiO4Ti2. The van der Waals surface area contributed by atoms with Crippen LogP contribution in [0, 0.1) is 0 Å². The molecule has 0 radical (unpaired) electrons. The van der Waals surface area contributed by atoms with E-state index in [1.807, 2.05) is 0 Å². The van der Waals surface area contributed by atoms with E-state index in [4.69, 9.17) is 14.8 Å². The average molecular weight is 172 g/mol. The van der Waals surface area contributed by atoms with Crippen molar-refractivity contribution >= 4 is 18.9 Å². The first-order chi connectivity index (χ1) is 2.00. The maximum atomic E-state index is 7.38. The fraction of sp³-hybridized carbons (Fsp3) is 0. The fourth-order valence-corrected chi connectivity index (χ4v) is 0. The van der Waals surface area contributed by atoms with E-state index in [0.29, 0.717) is 0 Å². The van der Waals surface area contributed by atoms with Gasteiger partial charge in [-0.15, -0.1) is 0 Å². The largest absolute Gasteiger partial charge is 0 e. The van der Waals surface area contributed by atoms with Crippen molar-refractivity contribution < 1.29 is 54.6 Å². The van der Waals surface area contributed by atoms with Crippen molar-refractivity contribution in [1.82, 2.24) is 0 Å². The predicted octanol–water partition coefficient (Wildman–Crippen LogP) is -2.88. The van der Waals surface area contributed by atoms with E-state index in [9.17, 15) is 0 Å². The summed E-state index contributed by atoms with van der Waals surface area (Å²) in [4.78, 5) is 0. The molecule has 4 nitrogen and oxygen atoms in total. The molecule has 0 aromatic rings. The van der Waals surface area contributed by atoms with Gasteiger partial charge < -0.3 is 0 Å². The van der Waals surface area contributed by atoms with Crippen molar-refractivity contribution in [2.24, 2.45) is 0 Å². The Labute approximate surface area is 72.9 Å². The van der Waals surface area contributed by atoms with Crippen molar-refractivity contribution in [3.05, 3.63) is 0 Å². The predicted molar refractivity (Wildman–Crippen MR) is 16.0 cm³/mol. The molecule has 0 spiro atoms. The van der Waals surface area contributed by atoms with Crippen LogP contribution in [0.25, 0.3) is 0 Å². The molecule has 0 aromatic heterocycles. The van der Waals surface area contributed by atoms with Gasteiger partial charge in [0.05, 0.1) is 0 Å². The van der Waals surface area contributed by atoms with E-state index >= 15 is 0 Å². The van der Waals surface area contributed by atoms with Crippen LogP contribution in [0.4, 0.5) is 0 Å². The summed E-state index contributed by atoms with van der Waals surface area (Å²) in [7, 11) is 0. The van der Waals surface area contributed by atoms with Gasteiger partial charge in [0.1, 0.15) is 0 Å². The summed E-state index contributed by atoms with van der Waals surface area (Å²) in [5.41, 5.74) is 0. The smallest absolute Gasteiger partial charge is 0 e. The first-order valence-corrected chi connectivity index (χ1v) is 3.69. The Balaban J connectivity index is -0.0000000800. The van der Waals surface area contributed by atoms with Gasteiger partial charge in [-0.1, -0.05) is 0 Å². The van der Waals surface area contributed by atoms with Crippen molar-refractivity contribution in [2.45, 2.75) is 0 Å². The molecule has 38 valence electrons. The Morgan fingerprint density at radius 3 is 0.857 bits per heavy atom. The molecule has 0 fully saturated rings. The molecule has 0 aliphatic heterocycles. The zero-order valence-electron chi connectivity index (χ0n) is 2.79. The van der Waals surface area contributed by atoms with E-state index in [-0.39, 0.29) is 40.6 Å². The SMILES string of the molecule is [LiH].[OH][Ti]([OH])([OH])[OH].[Ti]. The number of hydrogen-bond acceptors (Lipinski definition) is 4. The minimum atomic E-state index is -5.00. The monoisotopic (exact) mass is 172 g/mol. The first kappa shape index (κ1) is 15.9. The first-order valence-electron chi connectivity index (χ1n) is 0.894. The van der Waals surface area contributed by atoms with Crippen LogP contribution >= 0.6 is 0 Å². The van der Waals surface area contributed by atoms with Gasteiger partial charge in [0.25, 0.3) is 0 Å². The van der Waals surface area contributed by atoms with Crippen LogP contribution in [0.2, 0.25) is 0 Å². The fourth-order valence-electron chi connectivity index (χ4n) is 0. The van der Waals surface area contributed by atoms with Crippen molar-refractivity contribution in [3.8, 4) is 0 Å². The van der Waals surface area contributed by atoms with Crippen LogP contribution in [0.5, 0.6) is 0 Å². The molecule has 0 amide bonds. The molecule has 7 heavy (non-hydrogen) atoms. The molecule has 0 aromatic carbocycles. The minimum Gasteiger partial charge on any atom is 0 e. The number of rotatable bonds is 0. The Hall–Kier alpha value is 1.87. The van der Waals surface area contributed by atoms with Crippen LogP contribution in [-0.2, 0) is 39.9 Å². The normalized spacial score (nSPS) is 8.57. The molecule has 0 bridgehead atoms. The molecule has 0 aliphatic carbocycles. The van der Waals surface area contributed by atoms with Gasteiger partial charge in [-0.25, -0.2) is 0 Å². The molecule has 0 atom stereocenters. The summed E-state index contributed by atoms with van der Waals surface area (Å²) in [6.07, 6.45) is 0. The Morgan fingerprint density at radius 1 is 0.857 bits per heavy atom. The van der Waals surface area contributed by atoms with Crippen LogP contribution in [-0.4, -0.2) is 33.6 Å². The molecule has 0 saturated heterocycles. The van der Waals surface area contributed by atoms with E-state index in [1.165, 1.54) is 0 Å². The summed E-state index contributed by atoms with van der Waals surface area (Å²) >= 11 is -5.00. The van der Waals surface area contributed by atoms with Crippen LogP contribution < -0.4 is 0 Å². The molecule has 0 saturated carbocycles. The molecule has 7 heteroatoms. The van der Waals surface area contributed by atoms with Crippen molar-refractivity contribution in [2.75, 3.05) is 0 Å². The van der Waals surface area contributed by atoms with E-state index < -0.39 is 18.1 Å². The van der Waals surface area contributed by atoms with Crippen molar-refractivity contribution in [1.29, 1.82) is 0 Å². The van der Waals surface area contributed by atoms with Gasteiger partial charge >= 0.3 is 51.8 Å². The quantitative estimate of drug-likeness (QED) is 0.295. The van der Waals surface area contributed by atoms with Gasteiger partial charge in [0.2, 0.25) is 0 Å². The summed E-state index contributed by atoms with van der Waals surface area (Å²) in [5.74, 6) is 0. The van der Waals surface area contributed by atoms with Crippen LogP contribution in [0.15, 0.2) is 0 Å². The number of hydrogen-bond donors (Lipinski definition) is 4. The van der Waals surface area contributed by atoms with Gasteiger partial charge in [-0.2, -0.15) is 0 Å². The van der Waals surface area contributed by atoms with Gasteiger partial charge in [-0.05, 0) is 0 Å². The molecular weight excluding hydrogens is 167 g/mol. The van der Waals surface area contributed by atoms with Gasteiger partial charge in [0.15, 0.2) is 0 Å². The van der Waals surface area contributed by atoms with E-state index in [1.54, 1.807) is 0 Å². The third-order valence-corrected chi connectivity index (χ3v) is 0. The Kier molecular flexibility index (Phi) is 13.6. The maximum Gasteiger partial charge on any atom is 0 e. The van der Waals surface area contributed by atoms with E-state index in [0.717, 1.165) is 0 Å². The summed E-state index contributed by atoms with van der Waals surface area (Å²) in [5, 5.41) is 0. The standard InChI is InChI=1S/Li.4H2O.2Ti.H/h;4*1H2;;;/q;;;;;;+4;/p-4. The Morgan fingerprint density at radius 2 is 0.857 bits per heavy atom. The second-order valence-corrected chi connectivity index (χ2v) is 2.47. The topological polar surface area (TPSA) is 80.9 Å². The second kappa shape index (κ2) is 5.99. The zero-order valence-corrected chi connectivity index (χ0v) is 5.91. The summed E-state index contributed by atoms with van der Waals surface area (Å²) in [6.45, 7) is 0. The van der Waals surface area contributed by atoms with Crippen molar-refractivity contribution in [3.63, 3.8) is 0 Å². The molecule has 0 heterocycles. The third kappa shape index (κ3) is 77.7. The maximum absolute atomic E-state index is 7.38. The molecule has 0 rings (SSSR count). The minimum absolute atomic E-state index is 0. The van der Waals surface area contributed by atoms with Crippen LogP contribution in [0.3, 0.4) is 0 Å². The zero-order chi connectivity index (χ0) is 4.50. The van der Waals surface area contributed by atoms with Gasteiger partial charge in [-0.3, -0.25) is 0 Å². The third-order valence-electron chi connectivity index (χ3n) is 0. The second-order valence-electron chi connectivity index (χ2n) is 0.600. The summed E-state index contributed by atoms with van der Waals surface area (Å²) in [6, 6.07) is 0. The van der Waals surface area contributed by atoms with E-state index in [2.05, 4.69) is 0 Å². The van der Waals surface area contributed by atoms with Gasteiger partial charge in [0, 0.05) is 21.7 Å². The van der Waals surface area contributed by atoms with Crippen LogP contribution in [0.1, 0.15) is 0 Å².